The summed E-state index contributed by atoms with van der Waals surface area (Å²) < 4.78 is 60.7. The Labute approximate surface area is 372 Å². The van der Waals surface area contributed by atoms with Gasteiger partial charge in [0.05, 0.1) is 27.8 Å². The summed E-state index contributed by atoms with van der Waals surface area (Å²) >= 11 is 0. The first kappa shape index (κ1) is 33.5. The Morgan fingerprint density at radius 1 is 0.623 bits per heavy atom. The number of rotatable bonds is 8. The van der Waals surface area contributed by atoms with E-state index in [1.807, 2.05) is 12.1 Å². The number of hydrogen-bond acceptors (Lipinski definition) is 3. The second-order valence-corrected chi connectivity index (χ2v) is 18.8. The molecule has 0 aliphatic rings. The largest absolute Gasteiger partial charge is 0.507 e. The number of imidazole rings is 1. The number of nitrogens with zero attached hydrogens (tertiary/aromatic N) is 3. The van der Waals surface area contributed by atoms with E-state index in [9.17, 15) is 5.11 Å². The molecule has 0 saturated carbocycles. The van der Waals surface area contributed by atoms with Crippen LogP contribution in [0, 0.1) is 6.85 Å². The number of hydrogen-bond donors (Lipinski definition) is 1. The van der Waals surface area contributed by atoms with Gasteiger partial charge in [0.25, 0.3) is 0 Å². The van der Waals surface area contributed by atoms with Crippen LogP contribution in [0.3, 0.4) is 0 Å². The second kappa shape index (κ2) is 16.0. The minimum absolute atomic E-state index is 0.00326. The van der Waals surface area contributed by atoms with E-state index >= 15 is 0 Å². The quantitative estimate of drug-likeness (QED) is 0.166. The first-order valence-corrected chi connectivity index (χ1v) is 21.2. The van der Waals surface area contributed by atoms with E-state index in [1.54, 1.807) is 18.3 Å². The zero-order valence-electron chi connectivity index (χ0n) is 43.9. The van der Waals surface area contributed by atoms with Crippen molar-refractivity contribution in [2.24, 2.45) is 0 Å². The molecule has 0 aliphatic carbocycles. The smallest absolute Gasteiger partial charge is 0.149 e. The van der Waals surface area contributed by atoms with Crippen LogP contribution in [0.1, 0.15) is 118 Å². The molecule has 4 nitrogen and oxygen atoms in total. The monoisotopic (exact) mass is 809 g/mol. The third kappa shape index (κ3) is 8.16. The van der Waals surface area contributed by atoms with Crippen molar-refractivity contribution in [2.45, 2.75) is 98.8 Å². The van der Waals surface area contributed by atoms with Gasteiger partial charge in [0.15, 0.2) is 0 Å². The molecule has 0 unspecified atom stereocenters. The van der Waals surface area contributed by atoms with Gasteiger partial charge in [0.2, 0.25) is 0 Å². The zero-order valence-corrected chi connectivity index (χ0v) is 36.9. The highest BCUT2D eigenvalue weighted by molar-refractivity contribution is 5.97. The lowest BCUT2D eigenvalue weighted by Gasteiger charge is -2.25. The number of aromatic nitrogens is 3. The van der Waals surface area contributed by atoms with Gasteiger partial charge in [-0.15, -0.1) is 0 Å². The van der Waals surface area contributed by atoms with E-state index in [4.69, 9.17) is 19.6 Å². The maximum absolute atomic E-state index is 12.3. The highest BCUT2D eigenvalue weighted by Gasteiger charge is 2.26. The molecule has 0 bridgehead atoms. The van der Waals surface area contributed by atoms with E-state index in [0.29, 0.717) is 22.6 Å². The third-order valence-electron chi connectivity index (χ3n) is 11.6. The predicted octanol–water partition coefficient (Wildman–Crippen LogP) is 15.6. The molecule has 61 heavy (non-hydrogen) atoms. The van der Waals surface area contributed by atoms with Gasteiger partial charge in [-0.25, -0.2) is 4.98 Å². The lowest BCUT2D eigenvalue weighted by atomic mass is 9.81. The maximum Gasteiger partial charge on any atom is 0.149 e. The number of benzene rings is 6. The van der Waals surface area contributed by atoms with Crippen LogP contribution in [0.2, 0.25) is 0 Å². The fourth-order valence-corrected chi connectivity index (χ4v) is 8.12. The Morgan fingerprint density at radius 3 is 2.03 bits per heavy atom. The fraction of sp³-hybridized carbons (Fsp3) is 0.263. The van der Waals surface area contributed by atoms with Crippen LogP contribution in [0.5, 0.6) is 5.75 Å². The van der Waals surface area contributed by atoms with Crippen molar-refractivity contribution in [1.29, 1.82) is 0 Å². The SMILES string of the molecule is [2H]c1c([2H])c(C([2H])([2H])[2H])c([2H])c([2H])c1-c1ccnc(-c2cc(-c3cccc4c3nc(-c3cc(C(C)C)cc(C(C)C)c3O)n4-c3ccc(-c4ccccc4)c(C(C)(C)C)c3)cc(C(C)(C)C)c2)c1. The topological polar surface area (TPSA) is 50.9 Å². The molecule has 0 amide bonds. The number of aromatic hydroxyl groups is 1. The molecule has 0 fully saturated rings. The summed E-state index contributed by atoms with van der Waals surface area (Å²) in [7, 11) is 0. The van der Waals surface area contributed by atoms with E-state index in [1.165, 1.54) is 5.56 Å². The molecule has 6 aromatic carbocycles. The number of pyridine rings is 1. The summed E-state index contributed by atoms with van der Waals surface area (Å²) in [4.78, 5) is 10.3. The molecule has 0 atom stereocenters. The minimum Gasteiger partial charge on any atom is -0.507 e. The lowest BCUT2D eigenvalue weighted by molar-refractivity contribution is 0.466. The van der Waals surface area contributed by atoms with E-state index in [2.05, 4.69) is 159 Å². The predicted molar refractivity (Wildman–Crippen MR) is 258 cm³/mol. The van der Waals surface area contributed by atoms with Crippen LogP contribution >= 0.6 is 0 Å². The summed E-state index contributed by atoms with van der Waals surface area (Å²) in [6.45, 7) is 18.8. The summed E-state index contributed by atoms with van der Waals surface area (Å²) in [5.74, 6) is 1.08. The summed E-state index contributed by atoms with van der Waals surface area (Å²) in [6.07, 6.45) is 1.57. The molecule has 0 aliphatic heterocycles. The molecule has 4 heteroatoms. The summed E-state index contributed by atoms with van der Waals surface area (Å²) in [6, 6.07) is 35.1. The van der Waals surface area contributed by atoms with Gasteiger partial charge in [-0.3, -0.25) is 9.55 Å². The molecule has 8 rings (SSSR count). The minimum atomic E-state index is -2.82. The van der Waals surface area contributed by atoms with Gasteiger partial charge in [-0.2, -0.15) is 0 Å². The van der Waals surface area contributed by atoms with E-state index in [0.717, 1.165) is 61.2 Å². The summed E-state index contributed by atoms with van der Waals surface area (Å²) in [5.41, 5.74) is 11.9. The number of para-hydroxylation sites is 1. The van der Waals surface area contributed by atoms with E-state index < -0.39 is 36.6 Å². The zero-order chi connectivity index (χ0) is 49.4. The van der Waals surface area contributed by atoms with Crippen molar-refractivity contribution < 1.29 is 14.7 Å². The average molecular weight is 809 g/mol. The molecule has 2 aromatic heterocycles. The van der Waals surface area contributed by atoms with Crippen molar-refractivity contribution in [3.05, 3.63) is 167 Å². The second-order valence-electron chi connectivity index (χ2n) is 18.8. The molecule has 308 valence electrons. The van der Waals surface area contributed by atoms with Crippen LogP contribution in [0.25, 0.3) is 72.7 Å². The van der Waals surface area contributed by atoms with Crippen molar-refractivity contribution in [1.82, 2.24) is 14.5 Å². The normalized spacial score (nSPS) is 14.1. The van der Waals surface area contributed by atoms with Gasteiger partial charge >= 0.3 is 0 Å². The van der Waals surface area contributed by atoms with Crippen LogP contribution in [0.4, 0.5) is 0 Å². The Bertz CT molecular complexity index is 3220. The number of phenols is 1. The molecular weight excluding hydrogens is 743 g/mol. The van der Waals surface area contributed by atoms with Crippen LogP contribution < -0.4 is 0 Å². The highest BCUT2D eigenvalue weighted by Crippen LogP contribution is 2.44. The fourth-order valence-electron chi connectivity index (χ4n) is 8.12. The van der Waals surface area contributed by atoms with Crippen molar-refractivity contribution in [3.8, 4) is 67.5 Å². The molecule has 0 radical (unpaired) electrons. The molecule has 8 aromatic rings. The Morgan fingerprint density at radius 2 is 1.36 bits per heavy atom. The van der Waals surface area contributed by atoms with Crippen molar-refractivity contribution >= 4 is 11.0 Å². The van der Waals surface area contributed by atoms with Crippen LogP contribution in [0.15, 0.2) is 140 Å². The molecule has 2 heterocycles. The van der Waals surface area contributed by atoms with Gasteiger partial charge in [-0.05, 0) is 128 Å². The van der Waals surface area contributed by atoms with Gasteiger partial charge < -0.3 is 5.11 Å². The molecule has 0 saturated heterocycles. The Balaban J connectivity index is 1.40. The molecular formula is C57H59N3O. The lowest BCUT2D eigenvalue weighted by Crippen LogP contribution is -2.14. The third-order valence-corrected chi connectivity index (χ3v) is 11.6. The van der Waals surface area contributed by atoms with Gasteiger partial charge in [0.1, 0.15) is 11.6 Å². The molecule has 1 N–H and O–H groups in total. The van der Waals surface area contributed by atoms with Crippen molar-refractivity contribution in [2.75, 3.05) is 0 Å². The first-order valence-electron chi connectivity index (χ1n) is 24.7. The van der Waals surface area contributed by atoms with Crippen molar-refractivity contribution in [3.63, 3.8) is 0 Å². The first-order chi connectivity index (χ1) is 31.9. The number of phenolic OH excluding ortho intramolecular Hbond substituents is 1. The van der Waals surface area contributed by atoms with E-state index in [-0.39, 0.29) is 34.0 Å². The number of fused-ring (bicyclic) bond motifs is 1. The Kier molecular flexibility index (Phi) is 8.76. The van der Waals surface area contributed by atoms with Crippen LogP contribution in [-0.2, 0) is 10.8 Å². The molecule has 0 spiro atoms. The highest BCUT2D eigenvalue weighted by atomic mass is 16.3. The average Bonchev–Trinajstić information content (AvgIpc) is 3.67. The Hall–Kier alpha value is -6.26. The standard InChI is InChI=1S/C57H59N3O/c1-35(2)41-31-48(36(3)4)54(61)49(32-41)55-59-53-47(18-15-19-52(53)60(55)45-24-25-46(39-16-13-12-14-17-39)50(34-45)57(9,10)11)42-28-43(30-44(29-42)56(6,7)8)51-33-40(26-27-58-51)38-22-20-37(5)21-23-38/h12-36,61H,1-11H3/i5D3,20D,21D,22D,23D. The summed E-state index contributed by atoms with van der Waals surface area (Å²) in [5, 5.41) is 12.3. The van der Waals surface area contributed by atoms with Crippen LogP contribution in [-0.4, -0.2) is 19.6 Å². The maximum atomic E-state index is 12.3. The van der Waals surface area contributed by atoms with Gasteiger partial charge in [-0.1, -0.05) is 160 Å². The van der Waals surface area contributed by atoms with Gasteiger partial charge in [0, 0.05) is 27.1 Å².